The van der Waals surface area contributed by atoms with E-state index in [9.17, 15) is 9.59 Å². The molecule has 11 heavy (non-hydrogen) atoms. The van der Waals surface area contributed by atoms with Gasteiger partial charge in [-0.2, -0.15) is 0 Å². The third-order valence-corrected chi connectivity index (χ3v) is 0.860. The minimum Gasteiger partial charge on any atom is -0.480 e. The van der Waals surface area contributed by atoms with Crippen molar-refractivity contribution in [1.29, 1.82) is 0 Å². The number of carboxylic acids is 1. The molecule has 0 fully saturated rings. The molecule has 0 bridgehead atoms. The van der Waals surface area contributed by atoms with Gasteiger partial charge in [0.25, 0.3) is 0 Å². The van der Waals surface area contributed by atoms with Crippen LogP contribution in [0.15, 0.2) is 0 Å². The van der Waals surface area contributed by atoms with Crippen molar-refractivity contribution in [1.82, 2.24) is 5.32 Å². The number of carbonyl (C=O) groups is 2. The average Bonchev–Trinajstić information content (AvgIpc) is 1.85. The maximum atomic E-state index is 10.2. The first kappa shape index (κ1) is 9.90. The fourth-order valence-electron chi connectivity index (χ4n) is 0.462. The normalized spacial score (nSPS) is 9.18. The molecule has 0 radical (unpaired) electrons. The first-order valence-electron chi connectivity index (χ1n) is 3.19. The van der Waals surface area contributed by atoms with Crippen LogP contribution >= 0.6 is 0 Å². The standard InChI is InChI=1S/C6H11NO4/c1-5(8)11-3-2-7-4-6(9)10/h7H,2-4H2,1H3,(H,9,10). The SMILES string of the molecule is CC(=O)OCCNCC(=O)O. The molecule has 5 heteroatoms. The topological polar surface area (TPSA) is 75.6 Å². The van der Waals surface area contributed by atoms with Crippen LogP contribution in [-0.2, 0) is 14.3 Å². The van der Waals surface area contributed by atoms with E-state index in [0.29, 0.717) is 6.54 Å². The van der Waals surface area contributed by atoms with Gasteiger partial charge in [0.1, 0.15) is 6.61 Å². The number of nitrogens with one attached hydrogen (secondary N) is 1. The summed E-state index contributed by atoms with van der Waals surface area (Å²) in [5.41, 5.74) is 0. The molecule has 0 spiro atoms. The van der Waals surface area contributed by atoms with Crippen LogP contribution in [-0.4, -0.2) is 36.7 Å². The average molecular weight is 161 g/mol. The highest BCUT2D eigenvalue weighted by atomic mass is 16.5. The molecule has 0 aliphatic heterocycles. The zero-order chi connectivity index (χ0) is 8.69. The van der Waals surface area contributed by atoms with Gasteiger partial charge in [-0.1, -0.05) is 0 Å². The molecule has 0 saturated heterocycles. The lowest BCUT2D eigenvalue weighted by molar-refractivity contribution is -0.140. The highest BCUT2D eigenvalue weighted by Gasteiger charge is 1.95. The van der Waals surface area contributed by atoms with E-state index in [1.54, 1.807) is 0 Å². The van der Waals surface area contributed by atoms with Crippen LogP contribution in [0.2, 0.25) is 0 Å². The van der Waals surface area contributed by atoms with Crippen molar-refractivity contribution in [3.63, 3.8) is 0 Å². The third-order valence-electron chi connectivity index (χ3n) is 0.860. The van der Waals surface area contributed by atoms with Gasteiger partial charge in [0.15, 0.2) is 0 Å². The van der Waals surface area contributed by atoms with Crippen molar-refractivity contribution in [2.75, 3.05) is 19.7 Å². The van der Waals surface area contributed by atoms with Gasteiger partial charge in [-0.05, 0) is 0 Å². The Morgan fingerprint density at radius 2 is 2.18 bits per heavy atom. The summed E-state index contributed by atoms with van der Waals surface area (Å²) < 4.78 is 4.53. The largest absolute Gasteiger partial charge is 0.480 e. The zero-order valence-electron chi connectivity index (χ0n) is 6.29. The molecule has 0 unspecified atom stereocenters. The quantitative estimate of drug-likeness (QED) is 0.409. The fourth-order valence-corrected chi connectivity index (χ4v) is 0.462. The highest BCUT2D eigenvalue weighted by molar-refractivity contribution is 5.69. The molecule has 0 aliphatic carbocycles. The lowest BCUT2D eigenvalue weighted by Crippen LogP contribution is -2.26. The summed E-state index contributed by atoms with van der Waals surface area (Å²) >= 11 is 0. The zero-order valence-corrected chi connectivity index (χ0v) is 6.29. The number of aliphatic carboxylic acids is 1. The summed E-state index contributed by atoms with van der Waals surface area (Å²) in [4.78, 5) is 20.1. The van der Waals surface area contributed by atoms with Crippen molar-refractivity contribution < 1.29 is 19.4 Å². The van der Waals surface area contributed by atoms with Crippen LogP contribution in [0.1, 0.15) is 6.92 Å². The molecule has 0 aromatic rings. The maximum Gasteiger partial charge on any atom is 0.317 e. The smallest absolute Gasteiger partial charge is 0.317 e. The second-order valence-electron chi connectivity index (χ2n) is 1.91. The van der Waals surface area contributed by atoms with Gasteiger partial charge in [-0.3, -0.25) is 9.59 Å². The maximum absolute atomic E-state index is 10.2. The van der Waals surface area contributed by atoms with E-state index in [0.717, 1.165) is 0 Å². The second kappa shape index (κ2) is 5.67. The number of rotatable bonds is 5. The van der Waals surface area contributed by atoms with Crippen molar-refractivity contribution in [3.8, 4) is 0 Å². The Hall–Kier alpha value is -1.10. The number of ether oxygens (including phenoxy) is 1. The Balaban J connectivity index is 3.03. The monoisotopic (exact) mass is 161 g/mol. The van der Waals surface area contributed by atoms with E-state index in [4.69, 9.17) is 5.11 Å². The Morgan fingerprint density at radius 3 is 2.64 bits per heavy atom. The number of hydrogen-bond acceptors (Lipinski definition) is 4. The summed E-state index contributed by atoms with van der Waals surface area (Å²) in [6.07, 6.45) is 0. The van der Waals surface area contributed by atoms with Crippen molar-refractivity contribution in [3.05, 3.63) is 0 Å². The first-order valence-corrected chi connectivity index (χ1v) is 3.19. The second-order valence-corrected chi connectivity index (χ2v) is 1.91. The molecule has 64 valence electrons. The summed E-state index contributed by atoms with van der Waals surface area (Å²) in [6, 6.07) is 0. The molecular formula is C6H11NO4. The molecular weight excluding hydrogens is 150 g/mol. The molecule has 0 atom stereocenters. The Labute approximate surface area is 64.3 Å². The van der Waals surface area contributed by atoms with E-state index in [1.165, 1.54) is 6.92 Å². The molecule has 0 heterocycles. The van der Waals surface area contributed by atoms with Crippen LogP contribution in [0.4, 0.5) is 0 Å². The van der Waals surface area contributed by atoms with Crippen LogP contribution in [0.25, 0.3) is 0 Å². The Kier molecular flexibility index (Phi) is 5.10. The van der Waals surface area contributed by atoms with E-state index in [2.05, 4.69) is 10.1 Å². The predicted octanol–water partition coefficient (Wildman–Crippen LogP) is -0.776. The van der Waals surface area contributed by atoms with E-state index in [-0.39, 0.29) is 19.1 Å². The minimum atomic E-state index is -0.923. The molecule has 0 aromatic carbocycles. The summed E-state index contributed by atoms with van der Waals surface area (Å²) in [5.74, 6) is -1.28. The van der Waals surface area contributed by atoms with Crippen LogP contribution in [0.3, 0.4) is 0 Å². The number of hydrogen-bond donors (Lipinski definition) is 2. The summed E-state index contributed by atoms with van der Waals surface area (Å²) in [5, 5.41) is 10.7. The summed E-state index contributed by atoms with van der Waals surface area (Å²) in [7, 11) is 0. The minimum absolute atomic E-state index is 0.110. The lowest BCUT2D eigenvalue weighted by Gasteiger charge is -2.01. The Bertz CT molecular complexity index is 130. The van der Waals surface area contributed by atoms with Gasteiger partial charge in [-0.15, -0.1) is 0 Å². The van der Waals surface area contributed by atoms with Crippen LogP contribution in [0, 0.1) is 0 Å². The molecule has 0 amide bonds. The van der Waals surface area contributed by atoms with Gasteiger partial charge >= 0.3 is 11.9 Å². The highest BCUT2D eigenvalue weighted by Crippen LogP contribution is 1.73. The first-order chi connectivity index (χ1) is 5.13. The van der Waals surface area contributed by atoms with Crippen molar-refractivity contribution >= 4 is 11.9 Å². The van der Waals surface area contributed by atoms with Gasteiger partial charge in [0.2, 0.25) is 0 Å². The van der Waals surface area contributed by atoms with Gasteiger partial charge in [0, 0.05) is 13.5 Å². The Morgan fingerprint density at radius 1 is 1.55 bits per heavy atom. The van der Waals surface area contributed by atoms with Crippen LogP contribution in [0.5, 0.6) is 0 Å². The third kappa shape index (κ3) is 8.90. The molecule has 5 nitrogen and oxygen atoms in total. The van der Waals surface area contributed by atoms with Crippen molar-refractivity contribution in [2.24, 2.45) is 0 Å². The van der Waals surface area contributed by atoms with E-state index < -0.39 is 5.97 Å². The van der Waals surface area contributed by atoms with Crippen molar-refractivity contribution in [2.45, 2.75) is 6.92 Å². The predicted molar refractivity (Wildman–Crippen MR) is 37.1 cm³/mol. The van der Waals surface area contributed by atoms with Gasteiger partial charge < -0.3 is 15.2 Å². The van der Waals surface area contributed by atoms with Gasteiger partial charge in [-0.25, -0.2) is 0 Å². The van der Waals surface area contributed by atoms with Gasteiger partial charge in [0.05, 0.1) is 6.54 Å². The number of esters is 1. The molecule has 0 aliphatic rings. The molecule has 2 N–H and O–H groups in total. The molecule has 0 rings (SSSR count). The fraction of sp³-hybridized carbons (Fsp3) is 0.667. The summed E-state index contributed by atoms with van der Waals surface area (Å²) in [6.45, 7) is 1.77. The van der Waals surface area contributed by atoms with E-state index in [1.807, 2.05) is 0 Å². The number of carbonyl (C=O) groups excluding carboxylic acids is 1. The number of carboxylic acid groups (broad SMARTS) is 1. The molecule has 0 saturated carbocycles. The molecule has 0 aromatic heterocycles. The van der Waals surface area contributed by atoms with Crippen LogP contribution < -0.4 is 5.32 Å². The lowest BCUT2D eigenvalue weighted by atomic mass is 10.6. The van der Waals surface area contributed by atoms with E-state index >= 15 is 0 Å².